The lowest BCUT2D eigenvalue weighted by atomic mass is 10.3. The Balaban J connectivity index is 1.83. The summed E-state index contributed by atoms with van der Waals surface area (Å²) >= 11 is 0. The van der Waals surface area contributed by atoms with Crippen molar-refractivity contribution in [1.29, 1.82) is 0 Å². The van der Waals surface area contributed by atoms with Crippen molar-refractivity contribution in [3.63, 3.8) is 0 Å². The van der Waals surface area contributed by atoms with Gasteiger partial charge in [0.1, 0.15) is 0 Å². The number of carbonyl (C=O) groups excluding carboxylic acids is 1. The minimum absolute atomic E-state index is 0.217. The summed E-state index contributed by atoms with van der Waals surface area (Å²) in [7, 11) is 0. The molecule has 1 saturated heterocycles. The third-order valence-electron chi connectivity index (χ3n) is 2.80. The molecule has 6 heteroatoms. The van der Waals surface area contributed by atoms with Crippen LogP contribution in [0.2, 0.25) is 0 Å². The first kappa shape index (κ1) is 12.6. The molecule has 0 N–H and O–H groups in total. The largest absolute Gasteiger partial charge is 0.449 e. The number of rotatable bonds is 3. The highest BCUT2D eigenvalue weighted by atomic mass is 16.6. The predicted molar refractivity (Wildman–Crippen MR) is 67.5 cm³/mol. The highest BCUT2D eigenvalue weighted by Gasteiger charge is 2.22. The van der Waals surface area contributed by atoms with Gasteiger partial charge in [-0.05, 0) is 12.5 Å². The first-order valence-electron chi connectivity index (χ1n) is 6.25. The Morgan fingerprint density at radius 3 is 2.56 bits per heavy atom. The van der Waals surface area contributed by atoms with Crippen LogP contribution < -0.4 is 4.90 Å². The third-order valence-corrected chi connectivity index (χ3v) is 2.80. The van der Waals surface area contributed by atoms with Crippen LogP contribution in [0.5, 0.6) is 0 Å². The van der Waals surface area contributed by atoms with Crippen LogP contribution in [-0.2, 0) is 4.74 Å². The van der Waals surface area contributed by atoms with E-state index in [9.17, 15) is 4.79 Å². The van der Waals surface area contributed by atoms with E-state index in [-0.39, 0.29) is 6.09 Å². The highest BCUT2D eigenvalue weighted by Crippen LogP contribution is 2.10. The number of aromatic nitrogens is 2. The van der Waals surface area contributed by atoms with Gasteiger partial charge in [0.25, 0.3) is 0 Å². The van der Waals surface area contributed by atoms with E-state index in [1.165, 1.54) is 0 Å². The van der Waals surface area contributed by atoms with Crippen LogP contribution in [0.25, 0.3) is 0 Å². The van der Waals surface area contributed by atoms with Crippen LogP contribution in [0.3, 0.4) is 0 Å². The molecule has 0 radical (unpaired) electrons. The van der Waals surface area contributed by atoms with Crippen LogP contribution in [0, 0.1) is 0 Å². The number of anilines is 1. The molecule has 2 heterocycles. The van der Waals surface area contributed by atoms with E-state index in [1.54, 1.807) is 23.4 Å². The minimum atomic E-state index is -0.217. The number of carbonyl (C=O) groups is 1. The first-order chi connectivity index (χ1) is 8.81. The number of piperazine rings is 1. The Morgan fingerprint density at radius 2 is 1.94 bits per heavy atom. The fraction of sp³-hybridized carbons (Fsp3) is 0.583. The summed E-state index contributed by atoms with van der Waals surface area (Å²) in [6, 6.07) is 1.79. The number of nitrogens with zero attached hydrogens (tertiary/aromatic N) is 4. The molecule has 98 valence electrons. The Morgan fingerprint density at radius 1 is 1.28 bits per heavy atom. The lowest BCUT2D eigenvalue weighted by Gasteiger charge is -2.33. The van der Waals surface area contributed by atoms with Crippen molar-refractivity contribution < 1.29 is 9.53 Å². The molecule has 0 aromatic carbocycles. The fourth-order valence-corrected chi connectivity index (χ4v) is 1.82. The monoisotopic (exact) mass is 250 g/mol. The molecular formula is C12H18N4O2. The normalized spacial score (nSPS) is 15.6. The summed E-state index contributed by atoms with van der Waals surface area (Å²) in [5, 5.41) is 0. The summed E-state index contributed by atoms with van der Waals surface area (Å²) in [5.41, 5.74) is 0. The van der Waals surface area contributed by atoms with E-state index in [0.29, 0.717) is 19.7 Å². The van der Waals surface area contributed by atoms with E-state index in [1.807, 2.05) is 6.92 Å². The van der Waals surface area contributed by atoms with Gasteiger partial charge in [0, 0.05) is 38.6 Å². The van der Waals surface area contributed by atoms with Crippen LogP contribution in [0.1, 0.15) is 13.3 Å². The standard InChI is InChI=1S/C12H18N4O2/c1-2-10-18-12(17)16-8-6-15(7-9-16)11-13-4-3-5-14-11/h3-5H,2,6-10H2,1H3. The van der Waals surface area contributed by atoms with E-state index in [4.69, 9.17) is 4.74 Å². The molecule has 6 nitrogen and oxygen atoms in total. The van der Waals surface area contributed by atoms with Gasteiger partial charge in [-0.1, -0.05) is 6.92 Å². The third kappa shape index (κ3) is 3.09. The van der Waals surface area contributed by atoms with E-state index in [2.05, 4.69) is 14.9 Å². The van der Waals surface area contributed by atoms with Gasteiger partial charge in [-0.15, -0.1) is 0 Å². The van der Waals surface area contributed by atoms with Gasteiger partial charge < -0.3 is 14.5 Å². The van der Waals surface area contributed by atoms with Crippen LogP contribution in [0.15, 0.2) is 18.5 Å². The maximum absolute atomic E-state index is 11.7. The number of hydrogen-bond donors (Lipinski definition) is 0. The lowest BCUT2D eigenvalue weighted by Crippen LogP contribution is -2.49. The summed E-state index contributed by atoms with van der Waals surface area (Å²) in [5.74, 6) is 0.721. The van der Waals surface area contributed by atoms with Crippen LogP contribution in [-0.4, -0.2) is 53.7 Å². The second kappa shape index (κ2) is 6.18. The van der Waals surface area contributed by atoms with Crippen LogP contribution in [0.4, 0.5) is 10.7 Å². The van der Waals surface area contributed by atoms with Crippen molar-refractivity contribution in [3.05, 3.63) is 18.5 Å². The molecule has 18 heavy (non-hydrogen) atoms. The average Bonchev–Trinajstić information content (AvgIpc) is 2.46. The van der Waals surface area contributed by atoms with Crippen molar-refractivity contribution >= 4 is 12.0 Å². The van der Waals surface area contributed by atoms with Crippen molar-refractivity contribution in [2.45, 2.75) is 13.3 Å². The molecule has 0 unspecified atom stereocenters. The summed E-state index contributed by atoms with van der Waals surface area (Å²) in [6.45, 7) is 5.26. The van der Waals surface area contributed by atoms with Gasteiger partial charge in [-0.3, -0.25) is 0 Å². The Kier molecular flexibility index (Phi) is 4.33. The van der Waals surface area contributed by atoms with Gasteiger partial charge in [-0.25, -0.2) is 14.8 Å². The average molecular weight is 250 g/mol. The maximum atomic E-state index is 11.7. The minimum Gasteiger partial charge on any atom is -0.449 e. The van der Waals surface area contributed by atoms with Crippen molar-refractivity contribution in [2.75, 3.05) is 37.7 Å². The molecule has 2 rings (SSSR count). The van der Waals surface area contributed by atoms with Crippen LogP contribution >= 0.6 is 0 Å². The molecule has 0 atom stereocenters. The maximum Gasteiger partial charge on any atom is 0.409 e. The summed E-state index contributed by atoms with van der Waals surface area (Å²) in [4.78, 5) is 23.9. The van der Waals surface area contributed by atoms with Gasteiger partial charge in [0.2, 0.25) is 5.95 Å². The van der Waals surface area contributed by atoms with Gasteiger partial charge in [-0.2, -0.15) is 0 Å². The lowest BCUT2D eigenvalue weighted by molar-refractivity contribution is 0.100. The van der Waals surface area contributed by atoms with Gasteiger partial charge in [0.15, 0.2) is 0 Å². The van der Waals surface area contributed by atoms with Crippen molar-refractivity contribution in [1.82, 2.24) is 14.9 Å². The van der Waals surface area contributed by atoms with E-state index >= 15 is 0 Å². The van der Waals surface area contributed by atoms with Crippen molar-refractivity contribution in [2.24, 2.45) is 0 Å². The molecule has 0 bridgehead atoms. The van der Waals surface area contributed by atoms with Gasteiger partial charge >= 0.3 is 6.09 Å². The first-order valence-corrected chi connectivity index (χ1v) is 6.25. The van der Waals surface area contributed by atoms with Gasteiger partial charge in [0.05, 0.1) is 6.61 Å². The molecule has 0 spiro atoms. The molecular weight excluding hydrogens is 232 g/mol. The topological polar surface area (TPSA) is 58.6 Å². The zero-order valence-electron chi connectivity index (χ0n) is 10.6. The Hall–Kier alpha value is -1.85. The predicted octanol–water partition coefficient (Wildman–Crippen LogP) is 1.15. The second-order valence-electron chi connectivity index (χ2n) is 4.14. The Bertz CT molecular complexity index is 377. The molecule has 1 aliphatic rings. The quantitative estimate of drug-likeness (QED) is 0.805. The number of ether oxygens (including phenoxy) is 1. The zero-order valence-corrected chi connectivity index (χ0v) is 10.6. The van der Waals surface area contributed by atoms with Crippen molar-refractivity contribution in [3.8, 4) is 0 Å². The molecule has 0 aliphatic carbocycles. The summed E-state index contributed by atoms with van der Waals surface area (Å²) < 4.78 is 5.11. The zero-order chi connectivity index (χ0) is 12.8. The van der Waals surface area contributed by atoms with E-state index in [0.717, 1.165) is 25.5 Å². The SMILES string of the molecule is CCCOC(=O)N1CCN(c2ncccn2)CC1. The number of amides is 1. The highest BCUT2D eigenvalue weighted by molar-refractivity contribution is 5.68. The molecule has 1 aliphatic heterocycles. The molecule has 1 fully saturated rings. The Labute approximate surface area is 107 Å². The fourth-order valence-electron chi connectivity index (χ4n) is 1.82. The van der Waals surface area contributed by atoms with E-state index < -0.39 is 0 Å². The molecule has 1 amide bonds. The molecule has 0 saturated carbocycles. The summed E-state index contributed by atoms with van der Waals surface area (Å²) in [6.07, 6.45) is 4.09. The second-order valence-corrected chi connectivity index (χ2v) is 4.14. The molecule has 1 aromatic rings. The molecule has 1 aromatic heterocycles. The number of hydrogen-bond acceptors (Lipinski definition) is 5. The smallest absolute Gasteiger partial charge is 0.409 e.